The highest BCUT2D eigenvalue weighted by atomic mass is 16.5. The van der Waals surface area contributed by atoms with Crippen LogP contribution in [0, 0.1) is 6.92 Å². The van der Waals surface area contributed by atoms with E-state index in [9.17, 15) is 9.59 Å². The maximum atomic E-state index is 11.7. The first-order valence-electron chi connectivity index (χ1n) is 6.01. The predicted molar refractivity (Wildman–Crippen MR) is 68.9 cm³/mol. The van der Waals surface area contributed by atoms with Crippen LogP contribution in [0.1, 0.15) is 22.5 Å². The van der Waals surface area contributed by atoms with Crippen molar-refractivity contribution in [2.24, 2.45) is 0 Å². The van der Waals surface area contributed by atoms with Gasteiger partial charge in [-0.1, -0.05) is 0 Å². The highest BCUT2D eigenvalue weighted by molar-refractivity contribution is 5.89. The van der Waals surface area contributed by atoms with Crippen molar-refractivity contribution in [3.8, 4) is 0 Å². The number of H-pyrrole nitrogens is 1. The number of aromatic amines is 1. The van der Waals surface area contributed by atoms with E-state index in [0.717, 1.165) is 0 Å². The molecule has 2 rings (SSSR count). The monoisotopic (exact) mass is 261 g/mol. The van der Waals surface area contributed by atoms with Crippen LogP contribution in [-0.2, 0) is 11.3 Å². The first kappa shape index (κ1) is 13.1. The summed E-state index contributed by atoms with van der Waals surface area (Å²) < 4.78 is 6.87. The van der Waals surface area contributed by atoms with E-state index in [4.69, 9.17) is 4.74 Å². The molecule has 19 heavy (non-hydrogen) atoms. The molecule has 100 valence electrons. The van der Waals surface area contributed by atoms with E-state index >= 15 is 0 Å². The van der Waals surface area contributed by atoms with Crippen LogP contribution in [0.5, 0.6) is 0 Å². The average molecular weight is 261 g/mol. The van der Waals surface area contributed by atoms with Crippen molar-refractivity contribution < 1.29 is 9.53 Å². The molecule has 0 bridgehead atoms. The minimum atomic E-state index is -0.477. The summed E-state index contributed by atoms with van der Waals surface area (Å²) in [7, 11) is 0. The lowest BCUT2D eigenvalue weighted by Crippen LogP contribution is -2.14. The maximum absolute atomic E-state index is 11.7. The van der Waals surface area contributed by atoms with Crippen molar-refractivity contribution in [1.29, 1.82) is 0 Å². The molecule has 0 aliphatic heterocycles. The molecule has 2 heterocycles. The standard InChI is InChI=1S/C13H15N3O3/c1-10-8-11(9-12(17)15-10)13(18)19-7-3-6-16-5-2-4-14-16/h2,4-5,8-9H,3,6-7H2,1H3,(H,15,17). The number of aromatic nitrogens is 3. The minimum Gasteiger partial charge on any atom is -0.462 e. The van der Waals surface area contributed by atoms with Crippen LogP contribution in [0.15, 0.2) is 35.4 Å². The number of hydrogen-bond acceptors (Lipinski definition) is 4. The summed E-state index contributed by atoms with van der Waals surface area (Å²) in [5, 5.41) is 4.04. The molecule has 0 spiro atoms. The zero-order chi connectivity index (χ0) is 13.7. The van der Waals surface area contributed by atoms with Crippen molar-refractivity contribution in [2.75, 3.05) is 6.61 Å². The molecule has 0 unspecified atom stereocenters. The molecule has 6 heteroatoms. The molecule has 0 aliphatic rings. The van der Waals surface area contributed by atoms with Gasteiger partial charge in [-0.05, 0) is 19.1 Å². The third-order valence-corrected chi connectivity index (χ3v) is 2.54. The molecule has 0 atom stereocenters. The van der Waals surface area contributed by atoms with Gasteiger partial charge < -0.3 is 9.72 Å². The van der Waals surface area contributed by atoms with Crippen molar-refractivity contribution in [1.82, 2.24) is 14.8 Å². The van der Waals surface area contributed by atoms with E-state index in [0.29, 0.717) is 25.3 Å². The zero-order valence-electron chi connectivity index (χ0n) is 10.6. The molecule has 0 saturated heterocycles. The van der Waals surface area contributed by atoms with Gasteiger partial charge in [-0.15, -0.1) is 0 Å². The normalized spacial score (nSPS) is 10.4. The number of ether oxygens (including phenoxy) is 1. The lowest BCUT2D eigenvalue weighted by molar-refractivity contribution is 0.0494. The van der Waals surface area contributed by atoms with Crippen LogP contribution in [-0.4, -0.2) is 27.3 Å². The van der Waals surface area contributed by atoms with Crippen LogP contribution >= 0.6 is 0 Å². The number of pyridine rings is 1. The number of esters is 1. The van der Waals surface area contributed by atoms with Crippen molar-refractivity contribution in [2.45, 2.75) is 19.9 Å². The van der Waals surface area contributed by atoms with Crippen LogP contribution < -0.4 is 5.56 Å². The Morgan fingerprint density at radius 3 is 3.00 bits per heavy atom. The molecule has 2 aromatic rings. The fourth-order valence-electron chi connectivity index (χ4n) is 1.71. The zero-order valence-corrected chi connectivity index (χ0v) is 10.6. The van der Waals surface area contributed by atoms with E-state index in [1.54, 1.807) is 23.9 Å². The molecule has 0 amide bonds. The van der Waals surface area contributed by atoms with Gasteiger partial charge in [0, 0.05) is 37.1 Å². The Bertz CT molecular complexity index is 602. The molecule has 0 aliphatic carbocycles. The summed E-state index contributed by atoms with van der Waals surface area (Å²) in [5.74, 6) is -0.477. The van der Waals surface area contributed by atoms with Crippen molar-refractivity contribution in [3.05, 3.63) is 52.2 Å². The molecular weight excluding hydrogens is 246 g/mol. The summed E-state index contributed by atoms with van der Waals surface area (Å²) in [5.41, 5.74) is 0.611. The maximum Gasteiger partial charge on any atom is 0.338 e. The van der Waals surface area contributed by atoms with E-state index in [-0.39, 0.29) is 11.1 Å². The van der Waals surface area contributed by atoms with Gasteiger partial charge >= 0.3 is 5.97 Å². The van der Waals surface area contributed by atoms with Gasteiger partial charge in [0.05, 0.1) is 12.2 Å². The van der Waals surface area contributed by atoms with Crippen LogP contribution in [0.3, 0.4) is 0 Å². The highest BCUT2D eigenvalue weighted by Gasteiger charge is 2.08. The molecule has 6 nitrogen and oxygen atoms in total. The SMILES string of the molecule is Cc1cc(C(=O)OCCCn2cccn2)cc(=O)[nH]1. The van der Waals surface area contributed by atoms with Crippen molar-refractivity contribution >= 4 is 5.97 Å². The molecule has 1 N–H and O–H groups in total. The summed E-state index contributed by atoms with van der Waals surface area (Å²) in [6.07, 6.45) is 4.22. The summed E-state index contributed by atoms with van der Waals surface area (Å²) >= 11 is 0. The first-order valence-corrected chi connectivity index (χ1v) is 6.01. The molecule has 2 aromatic heterocycles. The van der Waals surface area contributed by atoms with E-state index in [2.05, 4.69) is 10.1 Å². The molecule has 0 aromatic carbocycles. The third-order valence-electron chi connectivity index (χ3n) is 2.54. The Morgan fingerprint density at radius 2 is 2.32 bits per heavy atom. The fraction of sp³-hybridized carbons (Fsp3) is 0.308. The third kappa shape index (κ3) is 3.80. The Labute approximate surface area is 110 Å². The second kappa shape index (κ2) is 5.99. The number of carbonyl (C=O) groups excluding carboxylic acids is 1. The molecular formula is C13H15N3O3. The second-order valence-corrected chi connectivity index (χ2v) is 4.17. The number of nitrogens with one attached hydrogen (secondary N) is 1. The minimum absolute atomic E-state index is 0.278. The van der Waals surface area contributed by atoms with Gasteiger partial charge in [0.2, 0.25) is 5.56 Å². The van der Waals surface area contributed by atoms with Gasteiger partial charge in [-0.25, -0.2) is 4.79 Å². The summed E-state index contributed by atoms with van der Waals surface area (Å²) in [4.78, 5) is 25.5. The molecule has 0 saturated carbocycles. The number of aryl methyl sites for hydroxylation is 2. The topological polar surface area (TPSA) is 77.0 Å². The van der Waals surface area contributed by atoms with E-state index in [1.165, 1.54) is 6.07 Å². The fourth-order valence-corrected chi connectivity index (χ4v) is 1.71. The number of nitrogens with zero attached hydrogens (tertiary/aromatic N) is 2. The van der Waals surface area contributed by atoms with Crippen LogP contribution in [0.25, 0.3) is 0 Å². The smallest absolute Gasteiger partial charge is 0.338 e. The summed E-state index contributed by atoms with van der Waals surface area (Å²) in [6.45, 7) is 2.70. The van der Waals surface area contributed by atoms with Crippen molar-refractivity contribution in [3.63, 3.8) is 0 Å². The lowest BCUT2D eigenvalue weighted by Gasteiger charge is -2.05. The average Bonchev–Trinajstić information content (AvgIpc) is 2.86. The quantitative estimate of drug-likeness (QED) is 0.646. The number of hydrogen-bond donors (Lipinski definition) is 1. The van der Waals surface area contributed by atoms with Gasteiger partial charge in [0.25, 0.3) is 0 Å². The second-order valence-electron chi connectivity index (χ2n) is 4.17. The Kier molecular flexibility index (Phi) is 4.12. The predicted octanol–water partition coefficient (Wildman–Crippen LogP) is 1.13. The lowest BCUT2D eigenvalue weighted by atomic mass is 10.2. The number of carbonyl (C=O) groups is 1. The van der Waals surface area contributed by atoms with Gasteiger partial charge in [0.1, 0.15) is 0 Å². The Balaban J connectivity index is 1.82. The van der Waals surface area contributed by atoms with Crippen LogP contribution in [0.4, 0.5) is 0 Å². The highest BCUT2D eigenvalue weighted by Crippen LogP contribution is 2.01. The first-order chi connectivity index (χ1) is 9.15. The van der Waals surface area contributed by atoms with Crippen LogP contribution in [0.2, 0.25) is 0 Å². The van der Waals surface area contributed by atoms with Gasteiger partial charge in [-0.3, -0.25) is 9.48 Å². The summed E-state index contributed by atoms with van der Waals surface area (Å²) in [6, 6.07) is 4.67. The largest absolute Gasteiger partial charge is 0.462 e. The Hall–Kier alpha value is -2.37. The Morgan fingerprint density at radius 1 is 1.47 bits per heavy atom. The number of rotatable bonds is 5. The molecule has 0 fully saturated rings. The van der Waals surface area contributed by atoms with Gasteiger partial charge in [-0.2, -0.15) is 5.10 Å². The molecule has 0 radical (unpaired) electrons. The van der Waals surface area contributed by atoms with E-state index in [1.807, 2.05) is 12.3 Å². The van der Waals surface area contributed by atoms with E-state index < -0.39 is 5.97 Å². The van der Waals surface area contributed by atoms with Gasteiger partial charge in [0.15, 0.2) is 0 Å².